The molecule has 11 nitrogen and oxygen atoms in total. The maximum atomic E-state index is 13.1. The summed E-state index contributed by atoms with van der Waals surface area (Å²) in [7, 11) is 0. The fourth-order valence-corrected chi connectivity index (χ4v) is 10.2. The SMILES string of the molecule is CCCCCCCCCCCCCCCCCCCCCCCCCCCCCCCCCCC(O)C(O)C(COC1OC(CO)C(O)C(O)C1O)NC(=O)C(O)CCCCCCCCCCCCC. The number of rotatable bonds is 53. The number of carbonyl (C=O) groups is 1. The van der Waals surface area contributed by atoms with Crippen LogP contribution in [0.2, 0.25) is 0 Å². The Bertz CT molecular complexity index is 1100. The number of ether oxygens (including phenoxy) is 2. The fourth-order valence-electron chi connectivity index (χ4n) is 10.2. The van der Waals surface area contributed by atoms with Crippen LogP contribution < -0.4 is 5.32 Å². The standard InChI is InChI=1S/C59H117NO10/c1-3-5-7-9-11-13-15-16-17-18-19-20-21-22-23-24-25-26-27-28-29-30-31-32-33-34-35-37-38-40-42-44-46-51(62)54(64)50(49-69-59-57(67)56(66)55(65)53(48-61)70-59)60-58(68)52(63)47-45-43-41-39-36-14-12-10-8-6-4-2/h50-57,59,61-67H,3-49H2,1-2H3,(H,60,68). The summed E-state index contributed by atoms with van der Waals surface area (Å²) in [6, 6.07) is -1.16. The molecular weight excluding hydrogens is 883 g/mol. The number of hydrogen-bond donors (Lipinski definition) is 8. The van der Waals surface area contributed by atoms with E-state index in [4.69, 9.17) is 9.47 Å². The van der Waals surface area contributed by atoms with Crippen LogP contribution in [0.3, 0.4) is 0 Å². The molecule has 1 aliphatic heterocycles. The van der Waals surface area contributed by atoms with Crippen LogP contribution >= 0.6 is 0 Å². The summed E-state index contributed by atoms with van der Waals surface area (Å²) in [6.07, 6.45) is 44.8. The molecule has 9 atom stereocenters. The average Bonchev–Trinajstić information content (AvgIpc) is 3.36. The molecule has 70 heavy (non-hydrogen) atoms. The fraction of sp³-hybridized carbons (Fsp3) is 0.983. The zero-order valence-corrected chi connectivity index (χ0v) is 45.8. The van der Waals surface area contributed by atoms with Gasteiger partial charge in [-0.3, -0.25) is 4.79 Å². The lowest BCUT2D eigenvalue weighted by Crippen LogP contribution is -2.60. The Morgan fingerprint density at radius 3 is 1.06 bits per heavy atom. The summed E-state index contributed by atoms with van der Waals surface area (Å²) < 4.78 is 11.1. The zero-order chi connectivity index (χ0) is 51.1. The molecule has 0 spiro atoms. The second kappa shape index (κ2) is 49.0. The lowest BCUT2D eigenvalue weighted by molar-refractivity contribution is -0.303. The van der Waals surface area contributed by atoms with Crippen molar-refractivity contribution in [1.82, 2.24) is 5.32 Å². The van der Waals surface area contributed by atoms with E-state index < -0.39 is 74.2 Å². The van der Waals surface area contributed by atoms with Gasteiger partial charge in [-0.15, -0.1) is 0 Å². The maximum absolute atomic E-state index is 13.1. The van der Waals surface area contributed by atoms with Gasteiger partial charge in [0.1, 0.15) is 36.6 Å². The monoisotopic (exact) mass is 1000 g/mol. The van der Waals surface area contributed by atoms with Crippen molar-refractivity contribution in [2.24, 2.45) is 0 Å². The van der Waals surface area contributed by atoms with Crippen molar-refractivity contribution < 1.29 is 50.0 Å². The molecule has 0 aromatic rings. The molecule has 0 aliphatic carbocycles. The van der Waals surface area contributed by atoms with Crippen molar-refractivity contribution in [2.45, 2.75) is 358 Å². The van der Waals surface area contributed by atoms with Crippen molar-refractivity contribution in [3.63, 3.8) is 0 Å². The van der Waals surface area contributed by atoms with Crippen LogP contribution in [-0.2, 0) is 14.3 Å². The highest BCUT2D eigenvalue weighted by Gasteiger charge is 2.44. The number of nitrogens with one attached hydrogen (secondary N) is 1. The Morgan fingerprint density at radius 1 is 0.443 bits per heavy atom. The van der Waals surface area contributed by atoms with Crippen molar-refractivity contribution >= 4 is 5.91 Å². The summed E-state index contributed by atoms with van der Waals surface area (Å²) in [5.41, 5.74) is 0. The summed E-state index contributed by atoms with van der Waals surface area (Å²) in [6.45, 7) is 3.47. The molecule has 1 rings (SSSR count). The Kier molecular flexibility index (Phi) is 47.0. The number of unbranched alkanes of at least 4 members (excludes halogenated alkanes) is 41. The minimum Gasteiger partial charge on any atom is -0.394 e. The van der Waals surface area contributed by atoms with E-state index >= 15 is 0 Å². The number of aliphatic hydroxyl groups excluding tert-OH is 7. The Balaban J connectivity index is 2.16. The molecule has 11 heteroatoms. The van der Waals surface area contributed by atoms with E-state index in [2.05, 4.69) is 19.2 Å². The minimum atomic E-state index is -1.66. The molecule has 1 fully saturated rings. The number of carbonyl (C=O) groups excluding carboxylic acids is 1. The highest BCUT2D eigenvalue weighted by Crippen LogP contribution is 2.24. The third-order valence-electron chi connectivity index (χ3n) is 15.2. The van der Waals surface area contributed by atoms with Crippen LogP contribution in [0.5, 0.6) is 0 Å². The smallest absolute Gasteiger partial charge is 0.249 e. The molecule has 0 bridgehead atoms. The Morgan fingerprint density at radius 2 is 0.743 bits per heavy atom. The van der Waals surface area contributed by atoms with Gasteiger partial charge in [0.05, 0.1) is 25.4 Å². The first kappa shape index (κ1) is 67.1. The van der Waals surface area contributed by atoms with Crippen LogP contribution in [-0.4, -0.2) is 110 Å². The van der Waals surface area contributed by atoms with Gasteiger partial charge in [-0.2, -0.15) is 0 Å². The van der Waals surface area contributed by atoms with E-state index in [-0.39, 0.29) is 6.42 Å². The second-order valence-corrected chi connectivity index (χ2v) is 21.8. The van der Waals surface area contributed by atoms with Crippen LogP contribution in [0.15, 0.2) is 0 Å². The number of hydrogen-bond acceptors (Lipinski definition) is 10. The van der Waals surface area contributed by atoms with Crippen LogP contribution in [0, 0.1) is 0 Å². The third-order valence-corrected chi connectivity index (χ3v) is 15.2. The van der Waals surface area contributed by atoms with Crippen LogP contribution in [0.1, 0.15) is 303 Å². The average molecular weight is 1000 g/mol. The molecule has 0 saturated carbocycles. The summed E-state index contributed by atoms with van der Waals surface area (Å²) in [4.78, 5) is 13.1. The van der Waals surface area contributed by atoms with E-state index in [1.54, 1.807) is 0 Å². The van der Waals surface area contributed by atoms with Gasteiger partial charge in [-0.1, -0.05) is 290 Å². The molecule has 1 amide bonds. The Labute approximate surface area is 430 Å². The highest BCUT2D eigenvalue weighted by molar-refractivity contribution is 5.80. The van der Waals surface area contributed by atoms with Crippen molar-refractivity contribution in [1.29, 1.82) is 0 Å². The first-order chi connectivity index (χ1) is 34.2. The molecule has 0 aromatic carbocycles. The van der Waals surface area contributed by atoms with E-state index in [1.807, 2.05) is 0 Å². The first-order valence-electron chi connectivity index (χ1n) is 30.4. The molecule has 9 unspecified atom stereocenters. The van der Waals surface area contributed by atoms with Gasteiger partial charge >= 0.3 is 0 Å². The molecule has 1 heterocycles. The molecule has 1 saturated heterocycles. The van der Waals surface area contributed by atoms with E-state index in [0.29, 0.717) is 19.3 Å². The Hall–Kier alpha value is -0.890. The lowest BCUT2D eigenvalue weighted by atomic mass is 9.98. The molecule has 418 valence electrons. The highest BCUT2D eigenvalue weighted by atomic mass is 16.7. The second-order valence-electron chi connectivity index (χ2n) is 21.8. The molecular formula is C59H117NO10. The lowest BCUT2D eigenvalue weighted by Gasteiger charge is -2.40. The first-order valence-corrected chi connectivity index (χ1v) is 30.4. The van der Waals surface area contributed by atoms with E-state index in [0.717, 1.165) is 38.5 Å². The topological polar surface area (TPSA) is 189 Å². The van der Waals surface area contributed by atoms with Gasteiger partial charge in [0.25, 0.3) is 0 Å². The molecule has 8 N–H and O–H groups in total. The molecule has 1 aliphatic rings. The number of aliphatic hydroxyl groups is 7. The summed E-state index contributed by atoms with van der Waals surface area (Å²) >= 11 is 0. The molecule has 0 aromatic heterocycles. The zero-order valence-electron chi connectivity index (χ0n) is 45.8. The van der Waals surface area contributed by atoms with Crippen molar-refractivity contribution in [3.8, 4) is 0 Å². The number of amides is 1. The van der Waals surface area contributed by atoms with Gasteiger partial charge in [-0.25, -0.2) is 0 Å². The van der Waals surface area contributed by atoms with Gasteiger partial charge in [-0.05, 0) is 12.8 Å². The van der Waals surface area contributed by atoms with Gasteiger partial charge in [0.2, 0.25) is 5.91 Å². The normalized spacial score (nSPS) is 20.2. The quantitative estimate of drug-likeness (QED) is 0.0272. The molecule has 0 radical (unpaired) electrons. The van der Waals surface area contributed by atoms with E-state index in [9.17, 15) is 40.5 Å². The van der Waals surface area contributed by atoms with Crippen LogP contribution in [0.4, 0.5) is 0 Å². The summed E-state index contributed by atoms with van der Waals surface area (Å²) in [5.74, 6) is -0.693. The van der Waals surface area contributed by atoms with Gasteiger partial charge in [0, 0.05) is 0 Å². The predicted molar refractivity (Wildman–Crippen MR) is 289 cm³/mol. The van der Waals surface area contributed by atoms with Gasteiger partial charge < -0.3 is 50.5 Å². The minimum absolute atomic E-state index is 0.265. The maximum Gasteiger partial charge on any atom is 0.249 e. The van der Waals surface area contributed by atoms with Crippen molar-refractivity contribution in [2.75, 3.05) is 13.2 Å². The van der Waals surface area contributed by atoms with E-state index in [1.165, 1.54) is 225 Å². The van der Waals surface area contributed by atoms with Crippen LogP contribution in [0.25, 0.3) is 0 Å². The van der Waals surface area contributed by atoms with Gasteiger partial charge in [0.15, 0.2) is 6.29 Å². The third kappa shape index (κ3) is 36.9. The predicted octanol–water partition coefficient (Wildman–Crippen LogP) is 13.0. The summed E-state index contributed by atoms with van der Waals surface area (Å²) in [5, 5.41) is 76.0. The van der Waals surface area contributed by atoms with Crippen molar-refractivity contribution in [3.05, 3.63) is 0 Å². The largest absolute Gasteiger partial charge is 0.394 e.